The van der Waals surface area contributed by atoms with E-state index in [9.17, 15) is 4.79 Å². The first kappa shape index (κ1) is 12.3. The molecular weight excluding hydrogens is 236 g/mol. The number of rotatable bonds is 4. The highest BCUT2D eigenvalue weighted by Crippen LogP contribution is 2.19. The number of hydrogen-bond donors (Lipinski definition) is 1. The number of ketones is 1. The van der Waals surface area contributed by atoms with Gasteiger partial charge in [0.15, 0.2) is 0 Å². The van der Waals surface area contributed by atoms with Crippen LogP contribution in [0.4, 0.5) is 0 Å². The molecule has 1 atom stereocenters. The summed E-state index contributed by atoms with van der Waals surface area (Å²) in [4.78, 5) is 16.5. The van der Waals surface area contributed by atoms with Crippen molar-refractivity contribution >= 4 is 16.7 Å². The van der Waals surface area contributed by atoms with Crippen molar-refractivity contribution in [2.24, 2.45) is 5.92 Å². The highest BCUT2D eigenvalue weighted by molar-refractivity contribution is 5.88. The lowest BCUT2D eigenvalue weighted by molar-refractivity contribution is -0.119. The molecule has 1 fully saturated rings. The van der Waals surface area contributed by atoms with Gasteiger partial charge in [0.05, 0.1) is 5.52 Å². The number of hydrogen-bond acceptors (Lipinski definition) is 3. The van der Waals surface area contributed by atoms with Crippen LogP contribution in [0.15, 0.2) is 36.5 Å². The molecule has 0 spiro atoms. The second-order valence-corrected chi connectivity index (χ2v) is 5.27. The molecule has 1 saturated heterocycles. The van der Waals surface area contributed by atoms with E-state index in [0.717, 1.165) is 36.0 Å². The molecule has 1 aromatic carbocycles. The summed E-state index contributed by atoms with van der Waals surface area (Å²) in [5, 5.41) is 4.41. The molecule has 1 aromatic heterocycles. The second-order valence-electron chi connectivity index (χ2n) is 5.27. The fourth-order valence-electron chi connectivity index (χ4n) is 2.80. The molecule has 1 aliphatic heterocycles. The lowest BCUT2D eigenvalue weighted by Crippen LogP contribution is -2.14. The first-order valence-corrected chi connectivity index (χ1v) is 6.88. The van der Waals surface area contributed by atoms with E-state index < -0.39 is 0 Å². The second kappa shape index (κ2) is 5.49. The highest BCUT2D eigenvalue weighted by atomic mass is 16.1. The van der Waals surface area contributed by atoms with Gasteiger partial charge in [-0.15, -0.1) is 0 Å². The van der Waals surface area contributed by atoms with Gasteiger partial charge in [-0.05, 0) is 43.1 Å². The van der Waals surface area contributed by atoms with E-state index in [1.807, 2.05) is 30.3 Å². The van der Waals surface area contributed by atoms with Crippen LogP contribution in [0.3, 0.4) is 0 Å². The van der Waals surface area contributed by atoms with Crippen LogP contribution in [0, 0.1) is 5.92 Å². The summed E-state index contributed by atoms with van der Waals surface area (Å²) in [6, 6.07) is 9.98. The average molecular weight is 254 g/mol. The minimum Gasteiger partial charge on any atom is -0.316 e. The van der Waals surface area contributed by atoms with E-state index in [0.29, 0.717) is 24.5 Å². The Morgan fingerprint density at radius 1 is 1.32 bits per heavy atom. The Kier molecular flexibility index (Phi) is 3.56. The van der Waals surface area contributed by atoms with Crippen LogP contribution in [0.1, 0.15) is 18.4 Å². The fourth-order valence-corrected chi connectivity index (χ4v) is 2.80. The topological polar surface area (TPSA) is 42.0 Å². The summed E-state index contributed by atoms with van der Waals surface area (Å²) in [6.45, 7) is 2.04. The molecule has 98 valence electrons. The number of aromatic nitrogens is 1. The van der Waals surface area contributed by atoms with E-state index in [2.05, 4.69) is 10.3 Å². The number of Topliss-reactive ketones (excluding diaryl/α,β-unsaturated/α-hetero) is 1. The number of carbonyl (C=O) groups is 1. The number of carbonyl (C=O) groups excluding carboxylic acids is 1. The van der Waals surface area contributed by atoms with Gasteiger partial charge in [0, 0.05) is 24.4 Å². The molecule has 19 heavy (non-hydrogen) atoms. The molecule has 0 radical (unpaired) electrons. The van der Waals surface area contributed by atoms with Crippen molar-refractivity contribution in [3.63, 3.8) is 0 Å². The lowest BCUT2D eigenvalue weighted by atomic mass is 9.96. The summed E-state index contributed by atoms with van der Waals surface area (Å²) >= 11 is 0. The van der Waals surface area contributed by atoms with E-state index in [1.165, 1.54) is 0 Å². The summed E-state index contributed by atoms with van der Waals surface area (Å²) in [5.74, 6) is 0.866. The van der Waals surface area contributed by atoms with Crippen LogP contribution in [-0.4, -0.2) is 23.9 Å². The molecule has 0 aliphatic carbocycles. The lowest BCUT2D eigenvalue weighted by Gasteiger charge is -2.08. The van der Waals surface area contributed by atoms with Crippen LogP contribution in [-0.2, 0) is 11.2 Å². The molecule has 0 saturated carbocycles. The van der Waals surface area contributed by atoms with Crippen molar-refractivity contribution in [3.05, 3.63) is 42.1 Å². The summed E-state index contributed by atoms with van der Waals surface area (Å²) < 4.78 is 0. The monoisotopic (exact) mass is 254 g/mol. The summed E-state index contributed by atoms with van der Waals surface area (Å²) in [5.41, 5.74) is 2.07. The van der Waals surface area contributed by atoms with Gasteiger partial charge in [-0.2, -0.15) is 0 Å². The van der Waals surface area contributed by atoms with Crippen molar-refractivity contribution < 1.29 is 4.79 Å². The third-order valence-corrected chi connectivity index (χ3v) is 3.81. The number of benzene rings is 1. The predicted octanol–water partition coefficient (Wildman–Crippen LogP) is 2.35. The Morgan fingerprint density at radius 3 is 3.05 bits per heavy atom. The Labute approximate surface area is 113 Å². The van der Waals surface area contributed by atoms with Crippen molar-refractivity contribution in [3.8, 4) is 0 Å². The van der Waals surface area contributed by atoms with Crippen LogP contribution < -0.4 is 5.32 Å². The van der Waals surface area contributed by atoms with E-state index >= 15 is 0 Å². The molecule has 3 heteroatoms. The normalized spacial score (nSPS) is 18.8. The molecule has 2 heterocycles. The molecule has 1 unspecified atom stereocenters. The van der Waals surface area contributed by atoms with E-state index in [-0.39, 0.29) is 0 Å². The molecular formula is C16H18N2O. The maximum atomic E-state index is 12.2. The first-order valence-electron chi connectivity index (χ1n) is 6.88. The van der Waals surface area contributed by atoms with Crippen molar-refractivity contribution in [2.75, 3.05) is 13.1 Å². The number of fused-ring (bicyclic) bond motifs is 1. The SMILES string of the molecule is O=C(Cc1ccnc2ccccc12)CC1CCNC1. The number of para-hydroxylation sites is 1. The van der Waals surface area contributed by atoms with Crippen molar-refractivity contribution in [1.29, 1.82) is 0 Å². The van der Waals surface area contributed by atoms with Gasteiger partial charge in [-0.1, -0.05) is 18.2 Å². The van der Waals surface area contributed by atoms with Crippen LogP contribution >= 0.6 is 0 Å². The van der Waals surface area contributed by atoms with Crippen molar-refractivity contribution in [2.45, 2.75) is 19.3 Å². The quantitative estimate of drug-likeness (QED) is 0.910. The summed E-state index contributed by atoms with van der Waals surface area (Å²) in [7, 11) is 0. The average Bonchev–Trinajstić information content (AvgIpc) is 2.92. The van der Waals surface area contributed by atoms with Gasteiger partial charge in [0.25, 0.3) is 0 Å². The zero-order chi connectivity index (χ0) is 13.1. The smallest absolute Gasteiger partial charge is 0.137 e. The maximum absolute atomic E-state index is 12.2. The molecule has 2 aromatic rings. The Morgan fingerprint density at radius 2 is 2.21 bits per heavy atom. The zero-order valence-electron chi connectivity index (χ0n) is 10.9. The van der Waals surface area contributed by atoms with Gasteiger partial charge in [0.1, 0.15) is 5.78 Å². The van der Waals surface area contributed by atoms with Gasteiger partial charge in [-0.3, -0.25) is 9.78 Å². The number of nitrogens with zero attached hydrogens (tertiary/aromatic N) is 1. The predicted molar refractivity (Wildman–Crippen MR) is 76.0 cm³/mol. The molecule has 1 aliphatic rings. The minimum atomic E-state index is 0.338. The fraction of sp³-hybridized carbons (Fsp3) is 0.375. The van der Waals surface area contributed by atoms with Crippen LogP contribution in [0.5, 0.6) is 0 Å². The number of pyridine rings is 1. The summed E-state index contributed by atoms with van der Waals surface area (Å²) in [6.07, 6.45) is 4.15. The molecule has 3 nitrogen and oxygen atoms in total. The number of nitrogens with one attached hydrogen (secondary N) is 1. The Balaban J connectivity index is 1.75. The van der Waals surface area contributed by atoms with Gasteiger partial charge >= 0.3 is 0 Å². The van der Waals surface area contributed by atoms with Gasteiger partial charge < -0.3 is 5.32 Å². The molecule has 0 bridgehead atoms. The first-order chi connectivity index (χ1) is 9.33. The van der Waals surface area contributed by atoms with Gasteiger partial charge in [-0.25, -0.2) is 0 Å². The van der Waals surface area contributed by atoms with Gasteiger partial charge in [0.2, 0.25) is 0 Å². The Bertz CT molecular complexity index is 583. The highest BCUT2D eigenvalue weighted by Gasteiger charge is 2.18. The Hall–Kier alpha value is -1.74. The third kappa shape index (κ3) is 2.82. The largest absolute Gasteiger partial charge is 0.316 e. The maximum Gasteiger partial charge on any atom is 0.137 e. The third-order valence-electron chi connectivity index (χ3n) is 3.81. The molecule has 0 amide bonds. The van der Waals surface area contributed by atoms with Crippen LogP contribution in [0.25, 0.3) is 10.9 Å². The zero-order valence-corrected chi connectivity index (χ0v) is 10.9. The van der Waals surface area contributed by atoms with E-state index in [4.69, 9.17) is 0 Å². The standard InChI is InChI=1S/C16H18N2O/c19-14(9-12-5-7-17-11-12)10-13-6-8-18-16-4-2-1-3-15(13)16/h1-4,6,8,12,17H,5,7,9-11H2. The van der Waals surface area contributed by atoms with Crippen molar-refractivity contribution in [1.82, 2.24) is 10.3 Å². The van der Waals surface area contributed by atoms with Crippen LogP contribution in [0.2, 0.25) is 0 Å². The molecule has 3 rings (SSSR count). The molecule has 1 N–H and O–H groups in total. The van der Waals surface area contributed by atoms with E-state index in [1.54, 1.807) is 6.20 Å². The minimum absolute atomic E-state index is 0.338.